The molecule has 2 aromatic rings. The molecule has 0 saturated heterocycles. The van der Waals surface area contributed by atoms with E-state index in [-0.39, 0.29) is 5.56 Å². The summed E-state index contributed by atoms with van der Waals surface area (Å²) < 4.78 is 105. The number of hydrogen-bond acceptors (Lipinski definition) is 3. The lowest BCUT2D eigenvalue weighted by molar-refractivity contribution is -0.274. The van der Waals surface area contributed by atoms with Gasteiger partial charge in [0.05, 0.1) is 10.5 Å². The largest absolute Gasteiger partial charge is 0.573 e. The smallest absolute Gasteiger partial charge is 0.405 e. The van der Waals surface area contributed by atoms with E-state index in [1.165, 1.54) is 18.2 Å². The maximum Gasteiger partial charge on any atom is 0.573 e. The van der Waals surface area contributed by atoms with Crippen LogP contribution in [-0.2, 0) is 22.7 Å². The first-order valence-electron chi connectivity index (χ1n) is 6.89. The Morgan fingerprint density at radius 1 is 0.885 bits per heavy atom. The van der Waals surface area contributed by atoms with Crippen LogP contribution in [0.3, 0.4) is 0 Å². The van der Waals surface area contributed by atoms with Crippen LogP contribution in [0.1, 0.15) is 11.1 Å². The van der Waals surface area contributed by atoms with Gasteiger partial charge in [-0.05, 0) is 30.3 Å². The molecule has 11 heteroatoms. The van der Waals surface area contributed by atoms with Crippen LogP contribution < -0.4 is 9.46 Å². The van der Waals surface area contributed by atoms with Gasteiger partial charge in [-0.1, -0.05) is 18.2 Å². The molecule has 0 saturated carbocycles. The van der Waals surface area contributed by atoms with E-state index < -0.39 is 45.3 Å². The molecule has 0 aliphatic heterocycles. The highest BCUT2D eigenvalue weighted by Crippen LogP contribution is 2.30. The molecule has 0 aromatic heterocycles. The van der Waals surface area contributed by atoms with E-state index in [1.54, 1.807) is 0 Å². The number of rotatable bonds is 5. The van der Waals surface area contributed by atoms with Crippen molar-refractivity contribution in [3.05, 3.63) is 59.7 Å². The first-order chi connectivity index (χ1) is 11.9. The monoisotopic (exact) mass is 399 g/mol. The van der Waals surface area contributed by atoms with Crippen molar-refractivity contribution >= 4 is 10.0 Å². The highest BCUT2D eigenvalue weighted by atomic mass is 32.2. The van der Waals surface area contributed by atoms with Gasteiger partial charge in [0, 0.05) is 12.1 Å². The Morgan fingerprint density at radius 2 is 1.46 bits per heavy atom. The number of ether oxygens (including phenoxy) is 1. The Kier molecular flexibility index (Phi) is 5.52. The van der Waals surface area contributed by atoms with Gasteiger partial charge < -0.3 is 4.74 Å². The first kappa shape index (κ1) is 20.0. The number of halogens is 6. The van der Waals surface area contributed by atoms with Crippen molar-refractivity contribution in [3.8, 4) is 5.75 Å². The summed E-state index contributed by atoms with van der Waals surface area (Å²) in [7, 11) is -4.24. The molecule has 26 heavy (non-hydrogen) atoms. The molecule has 0 bridgehead atoms. The maximum absolute atomic E-state index is 12.5. The van der Waals surface area contributed by atoms with Crippen LogP contribution in [-0.4, -0.2) is 14.8 Å². The van der Waals surface area contributed by atoms with Crippen molar-refractivity contribution in [2.45, 2.75) is 24.0 Å². The quantitative estimate of drug-likeness (QED) is 0.771. The van der Waals surface area contributed by atoms with Crippen LogP contribution in [0, 0.1) is 0 Å². The zero-order chi connectivity index (χ0) is 19.6. The number of alkyl halides is 6. The standard InChI is InChI=1S/C15H11F6NO3S/c16-14(17,18)11-5-7-12(8-6-11)26(23,24)22-9-10-3-1-2-4-13(10)25-15(19,20)21/h1-8,22H,9H2. The van der Waals surface area contributed by atoms with Gasteiger partial charge in [-0.15, -0.1) is 13.2 Å². The second-order valence-corrected chi connectivity index (χ2v) is 6.77. The highest BCUT2D eigenvalue weighted by molar-refractivity contribution is 7.89. The van der Waals surface area contributed by atoms with E-state index in [1.807, 2.05) is 4.72 Å². The molecule has 1 N–H and O–H groups in total. The summed E-state index contributed by atoms with van der Waals surface area (Å²) in [6.45, 7) is -0.546. The predicted octanol–water partition coefficient (Wildman–Crippen LogP) is 4.08. The molecule has 142 valence electrons. The average molecular weight is 399 g/mol. The Balaban J connectivity index is 2.16. The number of benzene rings is 2. The molecule has 4 nitrogen and oxygen atoms in total. The lowest BCUT2D eigenvalue weighted by Crippen LogP contribution is -2.24. The van der Waals surface area contributed by atoms with Crippen LogP contribution in [0.4, 0.5) is 26.3 Å². The number of nitrogens with one attached hydrogen (secondary N) is 1. The Morgan fingerprint density at radius 3 is 2.00 bits per heavy atom. The van der Waals surface area contributed by atoms with Crippen LogP contribution in [0.5, 0.6) is 5.75 Å². The molecule has 0 unspecified atom stereocenters. The minimum atomic E-state index is -4.96. The number of sulfonamides is 1. The first-order valence-corrected chi connectivity index (χ1v) is 8.37. The van der Waals surface area contributed by atoms with Gasteiger partial charge in [0.25, 0.3) is 0 Å². The van der Waals surface area contributed by atoms with E-state index in [4.69, 9.17) is 0 Å². The van der Waals surface area contributed by atoms with Crippen molar-refractivity contribution < 1.29 is 39.5 Å². The molecule has 0 spiro atoms. The third-order valence-electron chi connectivity index (χ3n) is 3.14. The minimum Gasteiger partial charge on any atom is -0.405 e. The van der Waals surface area contributed by atoms with Crippen molar-refractivity contribution in [1.29, 1.82) is 0 Å². The lowest BCUT2D eigenvalue weighted by Gasteiger charge is -2.14. The third kappa shape index (κ3) is 5.36. The molecule has 0 radical (unpaired) electrons. The average Bonchev–Trinajstić information content (AvgIpc) is 2.52. The van der Waals surface area contributed by atoms with Crippen molar-refractivity contribution in [3.63, 3.8) is 0 Å². The zero-order valence-electron chi connectivity index (χ0n) is 12.7. The van der Waals surface area contributed by atoms with Crippen molar-refractivity contribution in [1.82, 2.24) is 4.72 Å². The van der Waals surface area contributed by atoms with Crippen LogP contribution in [0.2, 0.25) is 0 Å². The SMILES string of the molecule is O=S(=O)(NCc1ccccc1OC(F)(F)F)c1ccc(C(F)(F)F)cc1. The molecule has 0 heterocycles. The predicted molar refractivity (Wildman–Crippen MR) is 78.6 cm³/mol. The molecule has 0 aliphatic rings. The van der Waals surface area contributed by atoms with Gasteiger partial charge in [0.1, 0.15) is 5.75 Å². The van der Waals surface area contributed by atoms with Crippen molar-refractivity contribution in [2.75, 3.05) is 0 Å². The number of para-hydroxylation sites is 1. The Hall–Kier alpha value is -2.27. The number of hydrogen-bond donors (Lipinski definition) is 1. The van der Waals surface area contributed by atoms with Gasteiger partial charge in [-0.25, -0.2) is 13.1 Å². The lowest BCUT2D eigenvalue weighted by atomic mass is 10.2. The van der Waals surface area contributed by atoms with Crippen LogP contribution in [0.15, 0.2) is 53.4 Å². The zero-order valence-corrected chi connectivity index (χ0v) is 13.5. The molecule has 0 fully saturated rings. The summed E-state index contributed by atoms with van der Waals surface area (Å²) in [6.07, 6.45) is -9.58. The van der Waals surface area contributed by atoms with E-state index >= 15 is 0 Å². The molecule has 0 atom stereocenters. The van der Waals surface area contributed by atoms with Gasteiger partial charge in [-0.3, -0.25) is 0 Å². The van der Waals surface area contributed by atoms with E-state index in [2.05, 4.69) is 4.74 Å². The summed E-state index contributed by atoms with van der Waals surface area (Å²) in [4.78, 5) is -0.459. The van der Waals surface area contributed by atoms with E-state index in [0.29, 0.717) is 12.1 Å². The second-order valence-electron chi connectivity index (χ2n) is 5.00. The van der Waals surface area contributed by atoms with Gasteiger partial charge in [0.2, 0.25) is 10.0 Å². The van der Waals surface area contributed by atoms with Gasteiger partial charge in [-0.2, -0.15) is 13.2 Å². The fraction of sp³-hybridized carbons (Fsp3) is 0.200. The molecule has 2 rings (SSSR count). The normalized spacial score (nSPS) is 12.8. The second kappa shape index (κ2) is 7.16. The van der Waals surface area contributed by atoms with Crippen LogP contribution >= 0.6 is 0 Å². The summed E-state index contributed by atoms with van der Waals surface area (Å²) in [5.41, 5.74) is -1.12. The summed E-state index contributed by atoms with van der Waals surface area (Å²) >= 11 is 0. The fourth-order valence-electron chi connectivity index (χ4n) is 1.95. The summed E-state index contributed by atoms with van der Waals surface area (Å²) in [5.74, 6) is -0.588. The van der Waals surface area contributed by atoms with Gasteiger partial charge in [0.15, 0.2) is 0 Å². The Labute approximate surface area is 144 Å². The van der Waals surface area contributed by atoms with Crippen LogP contribution in [0.25, 0.3) is 0 Å². The van der Waals surface area contributed by atoms with Crippen molar-refractivity contribution in [2.24, 2.45) is 0 Å². The summed E-state index contributed by atoms with van der Waals surface area (Å²) in [5, 5.41) is 0. The molecule has 2 aromatic carbocycles. The molecular formula is C15H11F6NO3S. The molecule has 0 amide bonds. The fourth-order valence-corrected chi connectivity index (χ4v) is 2.96. The molecular weight excluding hydrogens is 388 g/mol. The topological polar surface area (TPSA) is 55.4 Å². The Bertz CT molecular complexity index is 860. The molecule has 0 aliphatic carbocycles. The summed E-state index contributed by atoms with van der Waals surface area (Å²) in [6, 6.07) is 7.57. The highest BCUT2D eigenvalue weighted by Gasteiger charge is 2.32. The minimum absolute atomic E-state index is 0.0969. The maximum atomic E-state index is 12.5. The third-order valence-corrected chi connectivity index (χ3v) is 4.56. The van der Waals surface area contributed by atoms with E-state index in [9.17, 15) is 34.8 Å². The van der Waals surface area contributed by atoms with E-state index in [0.717, 1.165) is 18.2 Å². The van der Waals surface area contributed by atoms with Gasteiger partial charge >= 0.3 is 12.5 Å².